The SMILES string of the molecule is CCCOc1ccc(Br)cc1C(=O)NC(=S)Nc1ccc(OC)c(Cl)c1. The monoisotopic (exact) mass is 456 g/mol. The Labute approximate surface area is 171 Å². The Hall–Kier alpha value is -1.83. The van der Waals surface area contributed by atoms with Gasteiger partial charge in [0, 0.05) is 10.2 Å². The van der Waals surface area contributed by atoms with Crippen LogP contribution in [0.25, 0.3) is 0 Å². The number of anilines is 1. The maximum absolute atomic E-state index is 12.6. The van der Waals surface area contributed by atoms with E-state index in [1.807, 2.05) is 13.0 Å². The van der Waals surface area contributed by atoms with Crippen LogP contribution >= 0.6 is 39.7 Å². The molecule has 0 fully saturated rings. The summed E-state index contributed by atoms with van der Waals surface area (Å²) >= 11 is 14.7. The van der Waals surface area contributed by atoms with Gasteiger partial charge in [-0.25, -0.2) is 0 Å². The lowest BCUT2D eigenvalue weighted by atomic mass is 10.2. The average Bonchev–Trinajstić information content (AvgIpc) is 2.60. The number of methoxy groups -OCH3 is 1. The van der Waals surface area contributed by atoms with E-state index in [-0.39, 0.29) is 11.0 Å². The van der Waals surface area contributed by atoms with Crippen molar-refractivity contribution in [3.63, 3.8) is 0 Å². The molecule has 2 aromatic carbocycles. The van der Waals surface area contributed by atoms with Crippen LogP contribution in [0.2, 0.25) is 5.02 Å². The van der Waals surface area contributed by atoms with Crippen LogP contribution in [0.3, 0.4) is 0 Å². The molecule has 1 amide bonds. The van der Waals surface area contributed by atoms with Crippen molar-refractivity contribution >= 4 is 56.5 Å². The van der Waals surface area contributed by atoms with Crippen molar-refractivity contribution in [1.82, 2.24) is 5.32 Å². The summed E-state index contributed by atoms with van der Waals surface area (Å²) in [5.41, 5.74) is 1.03. The molecule has 2 aromatic rings. The van der Waals surface area contributed by atoms with Crippen molar-refractivity contribution in [1.29, 1.82) is 0 Å². The summed E-state index contributed by atoms with van der Waals surface area (Å²) < 4.78 is 11.5. The molecule has 2 N–H and O–H groups in total. The lowest BCUT2D eigenvalue weighted by Crippen LogP contribution is -2.34. The number of hydrogen-bond acceptors (Lipinski definition) is 4. The van der Waals surface area contributed by atoms with E-state index in [2.05, 4.69) is 26.6 Å². The van der Waals surface area contributed by atoms with Gasteiger partial charge in [0.25, 0.3) is 5.91 Å². The van der Waals surface area contributed by atoms with Gasteiger partial charge in [-0.1, -0.05) is 34.5 Å². The van der Waals surface area contributed by atoms with Crippen LogP contribution < -0.4 is 20.1 Å². The van der Waals surface area contributed by atoms with Gasteiger partial charge in [-0.3, -0.25) is 10.1 Å². The minimum atomic E-state index is -0.366. The maximum atomic E-state index is 12.6. The Morgan fingerprint density at radius 2 is 1.96 bits per heavy atom. The van der Waals surface area contributed by atoms with Gasteiger partial charge in [-0.15, -0.1) is 0 Å². The van der Waals surface area contributed by atoms with Crippen LogP contribution in [0.1, 0.15) is 23.7 Å². The third kappa shape index (κ3) is 5.59. The van der Waals surface area contributed by atoms with Gasteiger partial charge in [0.05, 0.1) is 24.3 Å². The molecular formula is C18H18BrClN2O3S. The Morgan fingerprint density at radius 1 is 1.23 bits per heavy atom. The quantitative estimate of drug-likeness (QED) is 0.596. The third-order valence-corrected chi connectivity index (χ3v) is 4.28. The van der Waals surface area contributed by atoms with Gasteiger partial charge >= 0.3 is 0 Å². The fourth-order valence-corrected chi connectivity index (χ4v) is 2.92. The minimum absolute atomic E-state index is 0.151. The summed E-state index contributed by atoms with van der Waals surface area (Å²) in [6.45, 7) is 2.52. The molecule has 0 saturated heterocycles. The highest BCUT2D eigenvalue weighted by Crippen LogP contribution is 2.27. The van der Waals surface area contributed by atoms with Crippen molar-refractivity contribution in [2.75, 3.05) is 19.0 Å². The molecule has 0 aliphatic rings. The number of halogens is 2. The van der Waals surface area contributed by atoms with Gasteiger partial charge in [0.2, 0.25) is 0 Å². The lowest BCUT2D eigenvalue weighted by molar-refractivity contribution is 0.0973. The first-order chi connectivity index (χ1) is 12.4. The van der Waals surface area contributed by atoms with Crippen molar-refractivity contribution in [3.8, 4) is 11.5 Å². The lowest BCUT2D eigenvalue weighted by Gasteiger charge is -2.14. The van der Waals surface area contributed by atoms with Crippen LogP contribution in [0.4, 0.5) is 5.69 Å². The molecule has 0 atom stereocenters. The van der Waals surface area contributed by atoms with E-state index in [9.17, 15) is 4.79 Å². The highest BCUT2D eigenvalue weighted by atomic mass is 79.9. The first-order valence-corrected chi connectivity index (χ1v) is 9.40. The predicted octanol–water partition coefficient (Wildman–Crippen LogP) is 5.03. The van der Waals surface area contributed by atoms with Crippen molar-refractivity contribution in [3.05, 3.63) is 51.5 Å². The van der Waals surface area contributed by atoms with E-state index in [1.165, 1.54) is 7.11 Å². The second kappa shape index (κ2) is 9.75. The molecule has 5 nitrogen and oxygen atoms in total. The minimum Gasteiger partial charge on any atom is -0.495 e. The van der Waals surface area contributed by atoms with Crippen molar-refractivity contribution in [2.24, 2.45) is 0 Å². The zero-order valence-corrected chi connectivity index (χ0v) is 17.4. The number of thiocarbonyl (C=S) groups is 1. The number of amides is 1. The molecule has 0 saturated carbocycles. The van der Waals surface area contributed by atoms with Crippen LogP contribution in [-0.2, 0) is 0 Å². The zero-order valence-electron chi connectivity index (χ0n) is 14.3. The second-order valence-electron chi connectivity index (χ2n) is 5.25. The largest absolute Gasteiger partial charge is 0.495 e. The normalized spacial score (nSPS) is 10.2. The van der Waals surface area contributed by atoms with Crippen LogP contribution in [0.15, 0.2) is 40.9 Å². The maximum Gasteiger partial charge on any atom is 0.261 e. The number of nitrogens with one attached hydrogen (secondary N) is 2. The summed E-state index contributed by atoms with van der Waals surface area (Å²) in [5, 5.41) is 6.15. The van der Waals surface area contributed by atoms with E-state index in [0.717, 1.165) is 10.9 Å². The molecule has 138 valence electrons. The van der Waals surface area contributed by atoms with E-state index in [4.69, 9.17) is 33.3 Å². The smallest absolute Gasteiger partial charge is 0.261 e. The highest BCUT2D eigenvalue weighted by Gasteiger charge is 2.15. The highest BCUT2D eigenvalue weighted by molar-refractivity contribution is 9.10. The van der Waals surface area contributed by atoms with Crippen LogP contribution in [0, 0.1) is 0 Å². The molecule has 2 rings (SSSR count). The predicted molar refractivity (Wildman–Crippen MR) is 112 cm³/mol. The Kier molecular flexibility index (Phi) is 7.68. The average molecular weight is 458 g/mol. The molecule has 0 bridgehead atoms. The molecule has 0 heterocycles. The summed E-state index contributed by atoms with van der Waals surface area (Å²) in [5.74, 6) is 0.691. The van der Waals surface area contributed by atoms with Crippen molar-refractivity contribution < 1.29 is 14.3 Å². The number of carbonyl (C=O) groups is 1. The first-order valence-electron chi connectivity index (χ1n) is 7.82. The molecule has 0 aromatic heterocycles. The fraction of sp³-hybridized carbons (Fsp3) is 0.222. The fourth-order valence-electron chi connectivity index (χ4n) is 2.09. The molecule has 0 unspecified atom stereocenters. The summed E-state index contributed by atoms with van der Waals surface area (Å²) in [4.78, 5) is 12.6. The van der Waals surface area contributed by atoms with Gasteiger partial charge in [0.1, 0.15) is 11.5 Å². The van der Waals surface area contributed by atoms with E-state index in [0.29, 0.717) is 34.4 Å². The molecule has 8 heteroatoms. The first kappa shape index (κ1) is 20.5. The molecule has 0 aliphatic heterocycles. The molecule has 26 heavy (non-hydrogen) atoms. The van der Waals surface area contributed by atoms with Gasteiger partial charge in [-0.2, -0.15) is 0 Å². The Bertz CT molecular complexity index is 817. The number of rotatable bonds is 6. The van der Waals surface area contributed by atoms with E-state index in [1.54, 1.807) is 30.3 Å². The molecule has 0 radical (unpaired) electrons. The summed E-state index contributed by atoms with van der Waals surface area (Å²) in [6, 6.07) is 10.4. The topological polar surface area (TPSA) is 59.6 Å². The number of carbonyl (C=O) groups excluding carboxylic acids is 1. The van der Waals surface area contributed by atoms with Gasteiger partial charge in [-0.05, 0) is 55.0 Å². The number of ether oxygens (including phenoxy) is 2. The molecule has 0 aliphatic carbocycles. The van der Waals surface area contributed by atoms with E-state index >= 15 is 0 Å². The molecule has 0 spiro atoms. The summed E-state index contributed by atoms with van der Waals surface area (Å²) in [6.07, 6.45) is 0.843. The number of hydrogen-bond donors (Lipinski definition) is 2. The standard InChI is InChI=1S/C18H18BrClN2O3S/c1-3-8-25-15-6-4-11(19)9-13(15)17(23)22-18(26)21-12-5-7-16(24-2)14(20)10-12/h4-7,9-10H,3,8H2,1-2H3,(H2,21,22,23,26). The zero-order chi connectivity index (χ0) is 19.1. The second-order valence-corrected chi connectivity index (χ2v) is 6.98. The Balaban J connectivity index is 2.08. The third-order valence-electron chi connectivity index (χ3n) is 3.28. The summed E-state index contributed by atoms with van der Waals surface area (Å²) in [7, 11) is 1.54. The van der Waals surface area contributed by atoms with E-state index < -0.39 is 0 Å². The number of benzene rings is 2. The van der Waals surface area contributed by atoms with Gasteiger partial charge in [0.15, 0.2) is 5.11 Å². The Morgan fingerprint density at radius 3 is 2.62 bits per heavy atom. The van der Waals surface area contributed by atoms with Crippen molar-refractivity contribution in [2.45, 2.75) is 13.3 Å². The van der Waals surface area contributed by atoms with Gasteiger partial charge < -0.3 is 14.8 Å². The molecular weight excluding hydrogens is 440 g/mol. The van der Waals surface area contributed by atoms with Crippen LogP contribution in [-0.4, -0.2) is 24.7 Å². The van der Waals surface area contributed by atoms with Crippen LogP contribution in [0.5, 0.6) is 11.5 Å².